The molecule has 30 heavy (non-hydrogen) atoms. The molecule has 7 nitrogen and oxygen atoms in total. The highest BCUT2D eigenvalue weighted by atomic mass is 16.5. The van der Waals surface area contributed by atoms with Gasteiger partial charge in [0.2, 0.25) is 0 Å². The zero-order valence-electron chi connectivity index (χ0n) is 19.0. The fourth-order valence-corrected chi connectivity index (χ4v) is 4.04. The minimum atomic E-state index is 0.453. The molecule has 0 radical (unpaired) electrons. The summed E-state index contributed by atoms with van der Waals surface area (Å²) in [4.78, 5) is 6.95. The van der Waals surface area contributed by atoms with Crippen LogP contribution in [0.3, 0.4) is 0 Å². The van der Waals surface area contributed by atoms with E-state index in [1.807, 2.05) is 18.7 Å². The Kier molecular flexibility index (Phi) is 7.87. The summed E-state index contributed by atoms with van der Waals surface area (Å²) in [5.74, 6) is 1.37. The first-order valence-electron chi connectivity index (χ1n) is 10.9. The average molecular weight is 413 g/mol. The van der Waals surface area contributed by atoms with Gasteiger partial charge in [0.25, 0.3) is 0 Å². The van der Waals surface area contributed by atoms with Crippen LogP contribution in [0.2, 0.25) is 0 Å². The van der Waals surface area contributed by atoms with Gasteiger partial charge in [-0.25, -0.2) is 4.68 Å². The van der Waals surface area contributed by atoms with E-state index in [4.69, 9.17) is 4.74 Å². The molecule has 1 aliphatic heterocycles. The van der Waals surface area contributed by atoms with Crippen molar-refractivity contribution in [2.45, 2.75) is 40.3 Å². The second kappa shape index (κ2) is 10.6. The molecule has 0 bridgehead atoms. The van der Waals surface area contributed by atoms with Crippen molar-refractivity contribution in [2.24, 2.45) is 10.9 Å². The van der Waals surface area contributed by atoms with Crippen LogP contribution in [0.25, 0.3) is 5.69 Å². The molecule has 0 saturated carbocycles. The van der Waals surface area contributed by atoms with Crippen molar-refractivity contribution in [3.8, 4) is 5.69 Å². The van der Waals surface area contributed by atoms with Gasteiger partial charge in [-0.3, -0.25) is 9.89 Å². The fraction of sp³-hybridized carbons (Fsp3) is 0.565. The first-order valence-corrected chi connectivity index (χ1v) is 10.9. The number of aryl methyl sites for hydroxylation is 2. The number of para-hydroxylation sites is 1. The third-order valence-electron chi connectivity index (χ3n) is 5.66. The van der Waals surface area contributed by atoms with Gasteiger partial charge < -0.3 is 15.4 Å². The van der Waals surface area contributed by atoms with E-state index < -0.39 is 0 Å². The Morgan fingerprint density at radius 3 is 2.53 bits per heavy atom. The summed E-state index contributed by atoms with van der Waals surface area (Å²) < 4.78 is 7.53. The van der Waals surface area contributed by atoms with Gasteiger partial charge in [-0.1, -0.05) is 32.0 Å². The molecule has 1 atom stereocenters. The molecular weight excluding hydrogens is 376 g/mol. The Balaban J connectivity index is 1.63. The second-order valence-electron chi connectivity index (χ2n) is 8.23. The number of benzene rings is 1. The minimum Gasteiger partial charge on any atom is -0.379 e. The van der Waals surface area contributed by atoms with Gasteiger partial charge in [0, 0.05) is 45.0 Å². The first-order chi connectivity index (χ1) is 14.5. The number of hydrogen-bond acceptors (Lipinski definition) is 4. The lowest BCUT2D eigenvalue weighted by Gasteiger charge is -2.37. The van der Waals surface area contributed by atoms with Crippen molar-refractivity contribution in [2.75, 3.05) is 39.9 Å². The van der Waals surface area contributed by atoms with E-state index in [-0.39, 0.29) is 0 Å². The number of aromatic nitrogens is 2. The van der Waals surface area contributed by atoms with Crippen molar-refractivity contribution in [3.63, 3.8) is 0 Å². The van der Waals surface area contributed by atoms with Gasteiger partial charge in [0.15, 0.2) is 5.96 Å². The molecule has 3 rings (SSSR count). The van der Waals surface area contributed by atoms with Crippen molar-refractivity contribution < 1.29 is 4.74 Å². The van der Waals surface area contributed by atoms with Crippen molar-refractivity contribution in [3.05, 3.63) is 47.3 Å². The van der Waals surface area contributed by atoms with E-state index in [0.29, 0.717) is 18.5 Å². The smallest absolute Gasteiger partial charge is 0.191 e. The minimum absolute atomic E-state index is 0.453. The van der Waals surface area contributed by atoms with E-state index in [2.05, 4.69) is 76.7 Å². The van der Waals surface area contributed by atoms with Gasteiger partial charge in [-0.15, -0.1) is 0 Å². The standard InChI is InChI=1S/C23H36N6O/c1-17(2)22(28-10-12-30-13-11-28)16-26-23(24-5)25-15-20-8-6-7-9-21(20)29-19(4)14-18(3)27-29/h6-9,14,17,22H,10-13,15-16H2,1-5H3,(H2,24,25,26). The third-order valence-corrected chi connectivity index (χ3v) is 5.66. The van der Waals surface area contributed by atoms with Gasteiger partial charge in [0.05, 0.1) is 24.6 Å². The van der Waals surface area contributed by atoms with Gasteiger partial charge in [-0.2, -0.15) is 5.10 Å². The Bertz CT molecular complexity index is 838. The highest BCUT2D eigenvalue weighted by Crippen LogP contribution is 2.17. The fourth-order valence-electron chi connectivity index (χ4n) is 4.04. The summed E-state index contributed by atoms with van der Waals surface area (Å²) in [6.45, 7) is 13.8. The molecular formula is C23H36N6O. The zero-order valence-corrected chi connectivity index (χ0v) is 19.0. The van der Waals surface area contributed by atoms with Crippen LogP contribution in [-0.2, 0) is 11.3 Å². The zero-order chi connectivity index (χ0) is 21.5. The molecule has 7 heteroatoms. The Hall–Kier alpha value is -2.38. The molecule has 0 amide bonds. The highest BCUT2D eigenvalue weighted by Gasteiger charge is 2.23. The summed E-state index contributed by atoms with van der Waals surface area (Å²) in [5.41, 5.74) is 4.43. The lowest BCUT2D eigenvalue weighted by atomic mass is 10.0. The average Bonchev–Trinajstić information content (AvgIpc) is 3.09. The maximum Gasteiger partial charge on any atom is 0.191 e. The van der Waals surface area contributed by atoms with Crippen LogP contribution in [0.1, 0.15) is 30.8 Å². The Labute approximate surface area is 180 Å². The van der Waals surface area contributed by atoms with Crippen LogP contribution in [0, 0.1) is 19.8 Å². The molecule has 1 aromatic carbocycles. The van der Waals surface area contributed by atoms with E-state index in [1.165, 1.54) is 5.56 Å². The van der Waals surface area contributed by atoms with Gasteiger partial charge in [-0.05, 0) is 37.5 Å². The van der Waals surface area contributed by atoms with E-state index in [9.17, 15) is 0 Å². The van der Waals surface area contributed by atoms with Crippen molar-refractivity contribution >= 4 is 5.96 Å². The second-order valence-corrected chi connectivity index (χ2v) is 8.23. The van der Waals surface area contributed by atoms with Gasteiger partial charge >= 0.3 is 0 Å². The van der Waals surface area contributed by atoms with E-state index >= 15 is 0 Å². The summed E-state index contributed by atoms with van der Waals surface area (Å²) in [5, 5.41) is 11.6. The summed E-state index contributed by atoms with van der Waals surface area (Å²) in [7, 11) is 1.82. The number of rotatable bonds is 7. The Morgan fingerprint density at radius 1 is 1.17 bits per heavy atom. The lowest BCUT2D eigenvalue weighted by molar-refractivity contribution is 0.00752. The van der Waals surface area contributed by atoms with Gasteiger partial charge in [0.1, 0.15) is 0 Å². The maximum atomic E-state index is 5.52. The molecule has 2 N–H and O–H groups in total. The monoisotopic (exact) mass is 412 g/mol. The molecule has 0 aliphatic carbocycles. The van der Waals surface area contributed by atoms with Crippen LogP contribution >= 0.6 is 0 Å². The first kappa shape index (κ1) is 22.3. The van der Waals surface area contributed by atoms with Crippen LogP contribution in [-0.4, -0.2) is 66.6 Å². The molecule has 164 valence electrons. The largest absolute Gasteiger partial charge is 0.379 e. The molecule has 1 fully saturated rings. The number of nitrogens with one attached hydrogen (secondary N) is 2. The normalized spacial score (nSPS) is 16.7. The molecule has 0 spiro atoms. The number of hydrogen-bond donors (Lipinski definition) is 2. The van der Waals surface area contributed by atoms with Crippen molar-refractivity contribution in [1.29, 1.82) is 0 Å². The predicted molar refractivity (Wildman–Crippen MR) is 122 cm³/mol. The highest BCUT2D eigenvalue weighted by molar-refractivity contribution is 5.79. The topological polar surface area (TPSA) is 66.7 Å². The molecule has 2 heterocycles. The summed E-state index contributed by atoms with van der Waals surface area (Å²) in [6, 6.07) is 10.9. The van der Waals surface area contributed by atoms with Crippen LogP contribution in [0.4, 0.5) is 0 Å². The molecule has 1 saturated heterocycles. The third kappa shape index (κ3) is 5.61. The molecule has 1 aromatic heterocycles. The van der Waals surface area contributed by atoms with Crippen molar-refractivity contribution in [1.82, 2.24) is 25.3 Å². The number of aliphatic imine (C=N–C) groups is 1. The molecule has 1 unspecified atom stereocenters. The quantitative estimate of drug-likeness (QED) is 0.540. The van der Waals surface area contributed by atoms with E-state index in [1.54, 1.807) is 0 Å². The lowest BCUT2D eigenvalue weighted by Crippen LogP contribution is -2.52. The predicted octanol–water partition coefficient (Wildman–Crippen LogP) is 2.51. The Morgan fingerprint density at radius 2 is 1.90 bits per heavy atom. The number of nitrogens with zero attached hydrogens (tertiary/aromatic N) is 4. The maximum absolute atomic E-state index is 5.52. The van der Waals surface area contributed by atoms with Crippen LogP contribution in [0.5, 0.6) is 0 Å². The number of ether oxygens (including phenoxy) is 1. The van der Waals surface area contributed by atoms with E-state index in [0.717, 1.165) is 55.9 Å². The summed E-state index contributed by atoms with van der Waals surface area (Å²) >= 11 is 0. The van der Waals surface area contributed by atoms with Crippen LogP contribution in [0.15, 0.2) is 35.3 Å². The summed E-state index contributed by atoms with van der Waals surface area (Å²) in [6.07, 6.45) is 0. The van der Waals surface area contributed by atoms with Crippen LogP contribution < -0.4 is 10.6 Å². The molecule has 1 aliphatic rings. The molecule has 2 aromatic rings. The SMILES string of the molecule is CN=C(NCc1ccccc1-n1nc(C)cc1C)NCC(C(C)C)N1CCOCC1. The number of guanidine groups is 1. The number of morpholine rings is 1.